The topological polar surface area (TPSA) is 0 Å². The Kier molecular flexibility index (Phi) is 4.71. The Labute approximate surface area is 70.2 Å². The molecule has 11 heavy (non-hydrogen) atoms. The van der Waals surface area contributed by atoms with Gasteiger partial charge in [-0.2, -0.15) is 0 Å². The van der Waals surface area contributed by atoms with Crippen LogP contribution in [0.4, 0.5) is 4.39 Å². The highest BCUT2D eigenvalue weighted by molar-refractivity contribution is 4.78. The van der Waals surface area contributed by atoms with E-state index in [2.05, 4.69) is 27.7 Å². The largest absolute Gasteiger partial charge is 0.250 e. The molecule has 0 saturated heterocycles. The van der Waals surface area contributed by atoms with E-state index in [4.69, 9.17) is 0 Å². The molecule has 0 bridgehead atoms. The summed E-state index contributed by atoms with van der Waals surface area (Å²) in [6.45, 7) is 8.29. The average Bonchev–Trinajstić information content (AvgIpc) is 2.03. The van der Waals surface area contributed by atoms with Crippen molar-refractivity contribution in [3.8, 4) is 0 Å². The molecule has 2 atom stereocenters. The monoisotopic (exact) mass is 160 g/mol. The van der Waals surface area contributed by atoms with E-state index in [0.29, 0.717) is 5.92 Å². The highest BCUT2D eigenvalue weighted by Crippen LogP contribution is 2.34. The molecule has 0 saturated carbocycles. The van der Waals surface area contributed by atoms with Crippen LogP contribution in [0.5, 0.6) is 0 Å². The first kappa shape index (κ1) is 10.9. The lowest BCUT2D eigenvalue weighted by Crippen LogP contribution is -2.27. The van der Waals surface area contributed by atoms with Gasteiger partial charge in [-0.15, -0.1) is 0 Å². The first-order valence-electron chi connectivity index (χ1n) is 4.66. The summed E-state index contributed by atoms with van der Waals surface area (Å²) in [7, 11) is 0. The maximum Gasteiger partial charge on any atom is 0.0950 e. The second kappa shape index (κ2) is 4.74. The minimum atomic E-state index is -0.171. The van der Waals surface area contributed by atoms with Crippen LogP contribution in [0.3, 0.4) is 0 Å². The van der Waals surface area contributed by atoms with E-state index >= 15 is 0 Å². The third kappa shape index (κ3) is 2.80. The van der Waals surface area contributed by atoms with E-state index in [1.165, 1.54) is 0 Å². The fourth-order valence-electron chi connectivity index (χ4n) is 1.51. The Morgan fingerprint density at radius 1 is 1.36 bits per heavy atom. The zero-order valence-electron chi connectivity index (χ0n) is 8.28. The van der Waals surface area contributed by atoms with Crippen LogP contribution in [-0.2, 0) is 0 Å². The quantitative estimate of drug-likeness (QED) is 0.573. The Morgan fingerprint density at radius 3 is 2.18 bits per heavy atom. The molecule has 0 nitrogen and oxygen atoms in total. The molecule has 0 aliphatic carbocycles. The number of alkyl halides is 1. The van der Waals surface area contributed by atoms with Crippen LogP contribution in [0, 0.1) is 11.3 Å². The average molecular weight is 160 g/mol. The predicted molar refractivity (Wildman–Crippen MR) is 48.4 cm³/mol. The van der Waals surface area contributed by atoms with Gasteiger partial charge in [-0.1, -0.05) is 40.5 Å². The van der Waals surface area contributed by atoms with Gasteiger partial charge in [0, 0.05) is 0 Å². The summed E-state index contributed by atoms with van der Waals surface area (Å²) in [6.07, 6.45) is 3.18. The maximum atomic E-state index is 12.7. The molecule has 68 valence electrons. The molecule has 1 heteroatoms. The van der Waals surface area contributed by atoms with Crippen molar-refractivity contribution < 1.29 is 4.39 Å². The van der Waals surface area contributed by atoms with Crippen LogP contribution >= 0.6 is 0 Å². The van der Waals surface area contributed by atoms with Crippen molar-refractivity contribution in [2.75, 3.05) is 6.67 Å². The number of hydrogen-bond donors (Lipinski definition) is 0. The van der Waals surface area contributed by atoms with Crippen LogP contribution < -0.4 is 0 Å². The Hall–Kier alpha value is -0.0700. The molecule has 0 radical (unpaired) electrons. The third-order valence-corrected chi connectivity index (χ3v) is 2.93. The minimum absolute atomic E-state index is 0.0660. The van der Waals surface area contributed by atoms with Crippen molar-refractivity contribution in [1.29, 1.82) is 0 Å². The molecule has 2 unspecified atom stereocenters. The lowest BCUT2D eigenvalue weighted by molar-refractivity contribution is 0.128. The minimum Gasteiger partial charge on any atom is -0.250 e. The van der Waals surface area contributed by atoms with E-state index < -0.39 is 0 Å². The highest BCUT2D eigenvalue weighted by atomic mass is 19.1. The van der Waals surface area contributed by atoms with Gasteiger partial charge in [-0.25, -0.2) is 0 Å². The van der Waals surface area contributed by atoms with E-state index in [0.717, 1.165) is 19.3 Å². The molecule has 0 N–H and O–H groups in total. The maximum absolute atomic E-state index is 12.7. The van der Waals surface area contributed by atoms with Crippen LogP contribution in [0.2, 0.25) is 0 Å². The predicted octanol–water partition coefficient (Wildman–Crippen LogP) is 3.81. The lowest BCUT2D eigenvalue weighted by Gasteiger charge is -2.32. The van der Waals surface area contributed by atoms with Crippen molar-refractivity contribution >= 4 is 0 Å². The molecule has 0 heterocycles. The van der Waals surface area contributed by atoms with Gasteiger partial charge in [-0.05, 0) is 17.8 Å². The van der Waals surface area contributed by atoms with Crippen molar-refractivity contribution in [2.45, 2.75) is 47.0 Å². The van der Waals surface area contributed by atoms with E-state index in [-0.39, 0.29) is 12.1 Å². The number of hydrogen-bond acceptors (Lipinski definition) is 0. The van der Waals surface area contributed by atoms with Crippen LogP contribution in [0.15, 0.2) is 0 Å². The standard InChI is InChI=1S/C10H21F/c1-5-7-10(4,8-11)9(3)6-2/h9H,5-8H2,1-4H3. The molecular formula is C10H21F. The summed E-state index contributed by atoms with van der Waals surface area (Å²) >= 11 is 0. The molecule has 0 amide bonds. The molecule has 0 aliphatic rings. The SMILES string of the molecule is CCCC(C)(CF)C(C)CC. The molecule has 0 rings (SSSR count). The van der Waals surface area contributed by atoms with Crippen molar-refractivity contribution in [1.82, 2.24) is 0 Å². The first-order valence-corrected chi connectivity index (χ1v) is 4.66. The number of halogens is 1. The normalized spacial score (nSPS) is 19.4. The molecule has 0 aromatic heterocycles. The summed E-state index contributed by atoms with van der Waals surface area (Å²) in [5.41, 5.74) is -0.0660. The van der Waals surface area contributed by atoms with E-state index in [9.17, 15) is 4.39 Å². The summed E-state index contributed by atoms with van der Waals surface area (Å²) in [5.74, 6) is 0.507. The fraction of sp³-hybridized carbons (Fsp3) is 1.00. The Morgan fingerprint density at radius 2 is 1.91 bits per heavy atom. The van der Waals surface area contributed by atoms with Gasteiger partial charge in [0.2, 0.25) is 0 Å². The second-order valence-corrected chi connectivity index (χ2v) is 3.85. The Balaban J connectivity index is 4.07. The van der Waals surface area contributed by atoms with Gasteiger partial charge >= 0.3 is 0 Å². The van der Waals surface area contributed by atoms with Crippen molar-refractivity contribution in [2.24, 2.45) is 11.3 Å². The summed E-state index contributed by atoms with van der Waals surface area (Å²) < 4.78 is 12.7. The summed E-state index contributed by atoms with van der Waals surface area (Å²) in [6, 6.07) is 0. The van der Waals surface area contributed by atoms with Crippen molar-refractivity contribution in [3.63, 3.8) is 0 Å². The van der Waals surface area contributed by atoms with Crippen LogP contribution in [0.25, 0.3) is 0 Å². The number of rotatable bonds is 5. The van der Waals surface area contributed by atoms with Crippen LogP contribution in [0.1, 0.15) is 47.0 Å². The van der Waals surface area contributed by atoms with Gasteiger partial charge in [0.15, 0.2) is 0 Å². The molecule has 0 fully saturated rings. The molecule has 0 aromatic rings. The van der Waals surface area contributed by atoms with Gasteiger partial charge < -0.3 is 0 Å². The summed E-state index contributed by atoms with van der Waals surface area (Å²) in [5, 5.41) is 0. The zero-order valence-corrected chi connectivity index (χ0v) is 8.28. The van der Waals surface area contributed by atoms with E-state index in [1.807, 2.05) is 0 Å². The molecular weight excluding hydrogens is 139 g/mol. The highest BCUT2D eigenvalue weighted by Gasteiger charge is 2.28. The van der Waals surface area contributed by atoms with Gasteiger partial charge in [0.1, 0.15) is 0 Å². The zero-order chi connectivity index (χ0) is 8.91. The fourth-order valence-corrected chi connectivity index (χ4v) is 1.51. The van der Waals surface area contributed by atoms with Gasteiger partial charge in [0.25, 0.3) is 0 Å². The first-order chi connectivity index (χ1) is 5.10. The van der Waals surface area contributed by atoms with E-state index in [1.54, 1.807) is 0 Å². The lowest BCUT2D eigenvalue weighted by atomic mass is 9.74. The molecule has 0 aromatic carbocycles. The third-order valence-electron chi connectivity index (χ3n) is 2.93. The molecule has 0 aliphatic heterocycles. The summed E-state index contributed by atoms with van der Waals surface area (Å²) in [4.78, 5) is 0. The van der Waals surface area contributed by atoms with Gasteiger partial charge in [0.05, 0.1) is 6.67 Å². The molecule has 0 spiro atoms. The van der Waals surface area contributed by atoms with Gasteiger partial charge in [-0.3, -0.25) is 4.39 Å². The van der Waals surface area contributed by atoms with Crippen LogP contribution in [-0.4, -0.2) is 6.67 Å². The van der Waals surface area contributed by atoms with Crippen molar-refractivity contribution in [3.05, 3.63) is 0 Å². The second-order valence-electron chi connectivity index (χ2n) is 3.85. The smallest absolute Gasteiger partial charge is 0.0950 e. The Bertz CT molecular complexity index is 101.